The van der Waals surface area contributed by atoms with Gasteiger partial charge in [0.25, 0.3) is 5.91 Å². The fourth-order valence-electron chi connectivity index (χ4n) is 4.63. The first-order valence-corrected chi connectivity index (χ1v) is 13.0. The number of para-hydroxylation sites is 1. The predicted octanol–water partition coefficient (Wildman–Crippen LogP) is 7.15. The topological polar surface area (TPSA) is 99.3 Å². The summed E-state index contributed by atoms with van der Waals surface area (Å²) in [6.45, 7) is 0. The van der Waals surface area contributed by atoms with Gasteiger partial charge in [-0.2, -0.15) is 16.4 Å². The molecule has 1 amide bonds. The van der Waals surface area contributed by atoms with E-state index in [0.717, 1.165) is 49.9 Å². The molecule has 7 nitrogen and oxygen atoms in total. The summed E-state index contributed by atoms with van der Waals surface area (Å²) in [7, 11) is 0. The van der Waals surface area contributed by atoms with E-state index in [4.69, 9.17) is 4.98 Å². The van der Waals surface area contributed by atoms with Crippen molar-refractivity contribution in [2.24, 2.45) is 0 Å². The summed E-state index contributed by atoms with van der Waals surface area (Å²) in [5.41, 5.74) is 8.83. The van der Waals surface area contributed by atoms with Crippen LogP contribution >= 0.6 is 11.3 Å². The molecule has 7 rings (SSSR count). The number of carbonyl (C=O) groups is 1. The van der Waals surface area contributed by atoms with E-state index in [0.29, 0.717) is 17.1 Å². The van der Waals surface area contributed by atoms with Crippen molar-refractivity contribution in [2.45, 2.75) is 0 Å². The molecule has 0 atom stereocenters. The third kappa shape index (κ3) is 3.93. The highest BCUT2D eigenvalue weighted by molar-refractivity contribution is 7.08. The van der Waals surface area contributed by atoms with Gasteiger partial charge in [0.1, 0.15) is 5.69 Å². The molecule has 0 fully saturated rings. The molecular formula is C30H20N6OS. The number of imidazole rings is 1. The normalized spacial score (nSPS) is 11.3. The number of benzene rings is 3. The minimum atomic E-state index is -0.177. The molecular weight excluding hydrogens is 492 g/mol. The first-order valence-electron chi connectivity index (χ1n) is 12.0. The van der Waals surface area contributed by atoms with Gasteiger partial charge in [-0.3, -0.25) is 14.9 Å². The number of pyridine rings is 1. The molecule has 4 aromatic heterocycles. The first kappa shape index (κ1) is 22.1. The van der Waals surface area contributed by atoms with Gasteiger partial charge in [0.15, 0.2) is 5.82 Å². The molecule has 8 heteroatoms. The van der Waals surface area contributed by atoms with Gasteiger partial charge in [0.2, 0.25) is 0 Å². The Bertz CT molecular complexity index is 1920. The van der Waals surface area contributed by atoms with Gasteiger partial charge in [0.05, 0.1) is 28.4 Å². The summed E-state index contributed by atoms with van der Waals surface area (Å²) < 4.78 is 0. The van der Waals surface area contributed by atoms with Crippen LogP contribution in [0.3, 0.4) is 0 Å². The molecule has 0 aliphatic heterocycles. The zero-order valence-electron chi connectivity index (χ0n) is 20.0. The Hall–Kier alpha value is -5.08. The molecule has 38 heavy (non-hydrogen) atoms. The number of rotatable bonds is 5. The average molecular weight is 513 g/mol. The van der Waals surface area contributed by atoms with Crippen LogP contribution in [0.1, 0.15) is 10.4 Å². The Morgan fingerprint density at radius 1 is 0.842 bits per heavy atom. The minimum absolute atomic E-state index is 0.177. The maximum Gasteiger partial charge on any atom is 0.255 e. The number of amides is 1. The number of nitrogens with one attached hydrogen (secondary N) is 3. The first-order chi connectivity index (χ1) is 18.7. The molecule has 0 bridgehead atoms. The molecule has 0 aliphatic rings. The van der Waals surface area contributed by atoms with Gasteiger partial charge < -0.3 is 10.3 Å². The molecule has 0 aliphatic carbocycles. The maximum absolute atomic E-state index is 12.6. The summed E-state index contributed by atoms with van der Waals surface area (Å²) in [5.74, 6) is 0.525. The van der Waals surface area contributed by atoms with Crippen molar-refractivity contribution in [1.82, 2.24) is 25.1 Å². The third-order valence-corrected chi connectivity index (χ3v) is 7.18. The molecule has 7 aromatic rings. The smallest absolute Gasteiger partial charge is 0.255 e. The van der Waals surface area contributed by atoms with Gasteiger partial charge >= 0.3 is 0 Å². The molecule has 0 radical (unpaired) electrons. The van der Waals surface area contributed by atoms with Crippen LogP contribution in [0.15, 0.2) is 102 Å². The minimum Gasteiger partial charge on any atom is -0.337 e. The standard InChI is InChI=1S/C30H20N6OS/c37-30(18-5-2-1-3-6-18)32-22-13-21(15-31-16-22)19-9-10-25-24(14-19)28(36-35-25)29-33-26-8-4-7-23(27(26)34-29)20-11-12-38-17-20/h1-17H,(H,32,37)(H,33,34)(H,35,36). The highest BCUT2D eigenvalue weighted by atomic mass is 32.1. The number of hydrogen-bond donors (Lipinski definition) is 3. The number of nitrogens with zero attached hydrogens (tertiary/aromatic N) is 3. The SMILES string of the molecule is O=C(Nc1cncc(-c2ccc3[nH]nc(-c4nc5c(-c6ccsc6)cccc5[nH]4)c3c2)c1)c1ccccc1. The van der Waals surface area contributed by atoms with Crippen LogP contribution in [0.5, 0.6) is 0 Å². The Labute approximate surface area is 221 Å². The Morgan fingerprint density at radius 3 is 2.63 bits per heavy atom. The zero-order valence-corrected chi connectivity index (χ0v) is 20.8. The molecule has 4 heterocycles. The zero-order chi connectivity index (χ0) is 25.5. The number of aromatic nitrogens is 5. The molecule has 0 spiro atoms. The highest BCUT2D eigenvalue weighted by Gasteiger charge is 2.16. The quantitative estimate of drug-likeness (QED) is 0.228. The largest absolute Gasteiger partial charge is 0.337 e. The molecule has 0 saturated heterocycles. The Balaban J connectivity index is 1.25. The number of thiophene rings is 1. The van der Waals surface area contributed by atoms with E-state index in [1.54, 1.807) is 35.9 Å². The number of aromatic amines is 2. The second-order valence-electron chi connectivity index (χ2n) is 8.91. The molecule has 0 saturated carbocycles. The van der Waals surface area contributed by atoms with Crippen LogP contribution in [0.4, 0.5) is 5.69 Å². The number of fused-ring (bicyclic) bond motifs is 2. The fraction of sp³-hybridized carbons (Fsp3) is 0. The number of anilines is 1. The maximum atomic E-state index is 12.6. The van der Waals surface area contributed by atoms with E-state index >= 15 is 0 Å². The van der Waals surface area contributed by atoms with Crippen molar-refractivity contribution in [2.75, 3.05) is 5.32 Å². The Morgan fingerprint density at radius 2 is 1.76 bits per heavy atom. The third-order valence-electron chi connectivity index (χ3n) is 6.50. The van der Waals surface area contributed by atoms with Gasteiger partial charge in [-0.05, 0) is 64.4 Å². The number of hydrogen-bond acceptors (Lipinski definition) is 5. The van der Waals surface area contributed by atoms with E-state index in [1.165, 1.54) is 0 Å². The van der Waals surface area contributed by atoms with Crippen molar-refractivity contribution in [3.8, 4) is 33.8 Å². The van der Waals surface area contributed by atoms with Crippen LogP contribution in [0.2, 0.25) is 0 Å². The number of H-pyrrole nitrogens is 2. The lowest BCUT2D eigenvalue weighted by Crippen LogP contribution is -2.11. The molecule has 182 valence electrons. The highest BCUT2D eigenvalue weighted by Crippen LogP contribution is 2.34. The van der Waals surface area contributed by atoms with E-state index < -0.39 is 0 Å². The van der Waals surface area contributed by atoms with Crippen molar-refractivity contribution < 1.29 is 4.79 Å². The number of carbonyl (C=O) groups excluding carboxylic acids is 1. The van der Waals surface area contributed by atoms with Crippen LogP contribution in [0.25, 0.3) is 55.7 Å². The monoisotopic (exact) mass is 512 g/mol. The second kappa shape index (κ2) is 9.10. The summed E-state index contributed by atoms with van der Waals surface area (Å²) in [4.78, 5) is 25.4. The molecule has 3 N–H and O–H groups in total. The second-order valence-corrected chi connectivity index (χ2v) is 9.69. The lowest BCUT2D eigenvalue weighted by molar-refractivity contribution is 0.102. The summed E-state index contributed by atoms with van der Waals surface area (Å²) >= 11 is 1.67. The fourth-order valence-corrected chi connectivity index (χ4v) is 5.28. The summed E-state index contributed by atoms with van der Waals surface area (Å²) in [6, 6.07) is 25.4. The van der Waals surface area contributed by atoms with Crippen molar-refractivity contribution >= 4 is 44.9 Å². The molecule has 0 unspecified atom stereocenters. The van der Waals surface area contributed by atoms with E-state index in [9.17, 15) is 4.79 Å². The lowest BCUT2D eigenvalue weighted by Gasteiger charge is -2.08. The van der Waals surface area contributed by atoms with Crippen LogP contribution < -0.4 is 5.32 Å². The molecule has 3 aromatic carbocycles. The van der Waals surface area contributed by atoms with Crippen molar-refractivity contribution in [3.05, 3.63) is 108 Å². The van der Waals surface area contributed by atoms with Gasteiger partial charge in [-0.1, -0.05) is 36.4 Å². The van der Waals surface area contributed by atoms with E-state index in [-0.39, 0.29) is 5.91 Å². The van der Waals surface area contributed by atoms with Crippen molar-refractivity contribution in [3.63, 3.8) is 0 Å². The van der Waals surface area contributed by atoms with E-state index in [1.807, 2.05) is 48.5 Å². The van der Waals surface area contributed by atoms with Crippen molar-refractivity contribution in [1.29, 1.82) is 0 Å². The van der Waals surface area contributed by atoms with Crippen LogP contribution in [0, 0.1) is 0 Å². The summed E-state index contributed by atoms with van der Waals surface area (Å²) in [5, 5.41) is 15.8. The van der Waals surface area contributed by atoms with E-state index in [2.05, 4.69) is 54.4 Å². The average Bonchev–Trinajstić information content (AvgIpc) is 3.73. The predicted molar refractivity (Wildman–Crippen MR) is 152 cm³/mol. The lowest BCUT2D eigenvalue weighted by atomic mass is 10.0. The van der Waals surface area contributed by atoms with Crippen LogP contribution in [-0.2, 0) is 0 Å². The van der Waals surface area contributed by atoms with Gasteiger partial charge in [-0.25, -0.2) is 4.98 Å². The van der Waals surface area contributed by atoms with Crippen LogP contribution in [-0.4, -0.2) is 31.1 Å². The van der Waals surface area contributed by atoms with Gasteiger partial charge in [0, 0.05) is 28.3 Å². The van der Waals surface area contributed by atoms with Gasteiger partial charge in [-0.15, -0.1) is 0 Å². The Kier molecular flexibility index (Phi) is 5.30. The summed E-state index contributed by atoms with van der Waals surface area (Å²) in [6.07, 6.45) is 3.43.